The van der Waals surface area contributed by atoms with E-state index in [0.717, 1.165) is 24.5 Å². The van der Waals surface area contributed by atoms with Crippen molar-refractivity contribution < 1.29 is 9.18 Å². The zero-order chi connectivity index (χ0) is 16.2. The lowest BCUT2D eigenvalue weighted by Gasteiger charge is -2.32. The highest BCUT2D eigenvalue weighted by Gasteiger charge is 2.22. The number of carbonyl (C=O) groups is 1. The monoisotopic (exact) mass is 335 g/mol. The summed E-state index contributed by atoms with van der Waals surface area (Å²) in [5, 5.41) is 14.7. The molecule has 0 bridgehead atoms. The lowest BCUT2D eigenvalue weighted by molar-refractivity contribution is 0.262. The van der Waals surface area contributed by atoms with E-state index in [1.165, 1.54) is 42.0 Å². The average molecular weight is 335 g/mol. The fourth-order valence-electron chi connectivity index (χ4n) is 2.56. The summed E-state index contributed by atoms with van der Waals surface area (Å²) in [5.41, 5.74) is 0.512. The fraction of sp³-hybridized carbons (Fsp3) is 0.400. The van der Waals surface area contributed by atoms with Gasteiger partial charge in [-0.05, 0) is 50.5 Å². The minimum absolute atomic E-state index is 0.347. The first-order valence-electron chi connectivity index (χ1n) is 7.55. The second-order valence-corrected chi connectivity index (χ2v) is 6.47. The normalized spacial score (nSPS) is 17.8. The van der Waals surface area contributed by atoms with Gasteiger partial charge in [-0.15, -0.1) is 10.2 Å². The third-order valence-electron chi connectivity index (χ3n) is 3.79. The fourth-order valence-corrected chi connectivity index (χ4v) is 3.43. The van der Waals surface area contributed by atoms with Crippen LogP contribution in [0.1, 0.15) is 26.2 Å². The average Bonchev–Trinajstić information content (AvgIpc) is 2.98. The van der Waals surface area contributed by atoms with Crippen LogP contribution in [0.15, 0.2) is 24.3 Å². The summed E-state index contributed by atoms with van der Waals surface area (Å²) in [6, 6.07) is 5.59. The van der Waals surface area contributed by atoms with Gasteiger partial charge in [0.15, 0.2) is 0 Å². The molecule has 1 fully saturated rings. The quantitative estimate of drug-likeness (QED) is 0.897. The number of nitrogens with zero attached hydrogens (tertiary/aromatic N) is 3. The second-order valence-electron chi connectivity index (χ2n) is 5.51. The molecule has 0 radical (unpaired) electrons. The van der Waals surface area contributed by atoms with Crippen LogP contribution < -0.4 is 15.5 Å². The van der Waals surface area contributed by atoms with Crippen LogP contribution in [0.3, 0.4) is 0 Å². The summed E-state index contributed by atoms with van der Waals surface area (Å²) in [6.45, 7) is 3.15. The minimum Gasteiger partial charge on any atom is -0.344 e. The molecule has 3 rings (SSSR count). The van der Waals surface area contributed by atoms with Crippen LogP contribution in [-0.4, -0.2) is 28.8 Å². The number of amides is 2. The molecule has 0 saturated carbocycles. The van der Waals surface area contributed by atoms with Crippen molar-refractivity contribution in [2.45, 2.75) is 32.2 Å². The van der Waals surface area contributed by atoms with Crippen molar-refractivity contribution in [3.8, 4) is 0 Å². The number of urea groups is 1. The number of hydrogen-bond donors (Lipinski definition) is 2. The van der Waals surface area contributed by atoms with E-state index < -0.39 is 6.03 Å². The van der Waals surface area contributed by atoms with Gasteiger partial charge in [0.05, 0.1) is 0 Å². The number of benzene rings is 1. The van der Waals surface area contributed by atoms with E-state index in [1.54, 1.807) is 0 Å². The molecule has 122 valence electrons. The van der Waals surface area contributed by atoms with Gasteiger partial charge in [-0.25, -0.2) is 9.18 Å². The maximum Gasteiger partial charge on any atom is 0.325 e. The highest BCUT2D eigenvalue weighted by molar-refractivity contribution is 7.19. The lowest BCUT2D eigenvalue weighted by Crippen LogP contribution is -2.37. The number of anilines is 3. The Morgan fingerprint density at radius 2 is 2.04 bits per heavy atom. The predicted octanol–water partition coefficient (Wildman–Crippen LogP) is 3.70. The number of hydrogen-bond acceptors (Lipinski definition) is 5. The molecule has 2 heterocycles. The van der Waals surface area contributed by atoms with E-state index in [-0.39, 0.29) is 5.82 Å². The molecule has 8 heteroatoms. The number of nitrogens with one attached hydrogen (secondary N) is 2. The third-order valence-corrected chi connectivity index (χ3v) is 4.66. The van der Waals surface area contributed by atoms with Crippen molar-refractivity contribution in [1.29, 1.82) is 0 Å². The van der Waals surface area contributed by atoms with Gasteiger partial charge in [0.25, 0.3) is 0 Å². The summed E-state index contributed by atoms with van der Waals surface area (Å²) in [4.78, 5) is 14.2. The Morgan fingerprint density at radius 3 is 2.78 bits per heavy atom. The Kier molecular flexibility index (Phi) is 4.71. The van der Waals surface area contributed by atoms with Gasteiger partial charge in [-0.2, -0.15) is 0 Å². The molecule has 1 aromatic heterocycles. The van der Waals surface area contributed by atoms with Gasteiger partial charge in [0.2, 0.25) is 10.3 Å². The molecule has 1 aliphatic heterocycles. The summed E-state index contributed by atoms with van der Waals surface area (Å²) in [7, 11) is 0. The number of piperidine rings is 1. The van der Waals surface area contributed by atoms with Gasteiger partial charge in [-0.1, -0.05) is 11.3 Å². The first-order valence-corrected chi connectivity index (χ1v) is 8.37. The Bertz CT molecular complexity index is 675. The highest BCUT2D eigenvalue weighted by Crippen LogP contribution is 2.29. The topological polar surface area (TPSA) is 70.2 Å². The summed E-state index contributed by atoms with van der Waals surface area (Å²) < 4.78 is 12.8. The Labute approximate surface area is 137 Å². The van der Waals surface area contributed by atoms with E-state index in [0.29, 0.717) is 16.9 Å². The van der Waals surface area contributed by atoms with E-state index in [9.17, 15) is 9.18 Å². The summed E-state index contributed by atoms with van der Waals surface area (Å²) in [6.07, 6.45) is 3.53. The van der Waals surface area contributed by atoms with Gasteiger partial charge in [0, 0.05) is 18.3 Å². The zero-order valence-electron chi connectivity index (χ0n) is 12.8. The molecule has 1 aliphatic rings. The molecule has 0 spiro atoms. The molecular weight excluding hydrogens is 317 g/mol. The second kappa shape index (κ2) is 6.91. The molecular formula is C15H18FN5OS. The van der Waals surface area contributed by atoms with Crippen LogP contribution in [0.5, 0.6) is 0 Å². The largest absolute Gasteiger partial charge is 0.344 e. The molecule has 1 atom stereocenters. The van der Waals surface area contributed by atoms with Crippen molar-refractivity contribution in [1.82, 2.24) is 10.2 Å². The van der Waals surface area contributed by atoms with Gasteiger partial charge in [0.1, 0.15) is 5.82 Å². The maximum absolute atomic E-state index is 12.8. The Balaban J connectivity index is 1.60. The first kappa shape index (κ1) is 15.7. The molecule has 2 N–H and O–H groups in total. The zero-order valence-corrected chi connectivity index (χ0v) is 13.6. The van der Waals surface area contributed by atoms with Crippen LogP contribution in [-0.2, 0) is 0 Å². The Morgan fingerprint density at radius 1 is 1.26 bits per heavy atom. The van der Waals surface area contributed by atoms with Crippen molar-refractivity contribution >= 4 is 33.3 Å². The van der Waals surface area contributed by atoms with Crippen LogP contribution >= 0.6 is 11.3 Å². The number of aromatic nitrogens is 2. The molecule has 1 saturated heterocycles. The lowest BCUT2D eigenvalue weighted by atomic mass is 10.1. The first-order chi connectivity index (χ1) is 11.1. The van der Waals surface area contributed by atoms with Gasteiger partial charge < -0.3 is 10.2 Å². The predicted molar refractivity (Wildman–Crippen MR) is 89.6 cm³/mol. The number of halogens is 1. The molecule has 1 aromatic carbocycles. The number of rotatable bonds is 3. The summed E-state index contributed by atoms with van der Waals surface area (Å²) >= 11 is 1.36. The number of carbonyl (C=O) groups excluding carboxylic acids is 1. The van der Waals surface area contributed by atoms with E-state index in [1.807, 2.05) is 0 Å². The van der Waals surface area contributed by atoms with Crippen molar-refractivity contribution in [3.05, 3.63) is 30.1 Å². The molecule has 0 aliphatic carbocycles. The van der Waals surface area contributed by atoms with Gasteiger partial charge in [-0.3, -0.25) is 5.32 Å². The molecule has 2 amide bonds. The van der Waals surface area contributed by atoms with Crippen molar-refractivity contribution in [3.63, 3.8) is 0 Å². The van der Waals surface area contributed by atoms with Crippen molar-refractivity contribution in [2.24, 2.45) is 0 Å². The smallest absolute Gasteiger partial charge is 0.325 e. The third kappa shape index (κ3) is 3.95. The SMILES string of the molecule is C[C@@H]1CCCCN1c1nnc(NC(=O)Nc2ccc(F)cc2)s1. The molecule has 23 heavy (non-hydrogen) atoms. The van der Waals surface area contributed by atoms with Crippen LogP contribution in [0.4, 0.5) is 25.1 Å². The van der Waals surface area contributed by atoms with Gasteiger partial charge >= 0.3 is 6.03 Å². The molecule has 0 unspecified atom stereocenters. The summed E-state index contributed by atoms with van der Waals surface area (Å²) in [5.74, 6) is -0.347. The molecule has 2 aromatic rings. The minimum atomic E-state index is -0.425. The van der Waals surface area contributed by atoms with Crippen LogP contribution in [0, 0.1) is 5.82 Å². The van der Waals surface area contributed by atoms with Crippen molar-refractivity contribution in [2.75, 3.05) is 22.1 Å². The standard InChI is InChI=1S/C15H18FN5OS/c1-10-4-2-3-9-21(10)15-20-19-14(23-15)18-13(22)17-12-7-5-11(16)6-8-12/h5-8,10H,2-4,9H2,1H3,(H2,17,18,19,22)/t10-/m1/s1. The Hall–Kier alpha value is -2.22. The maximum atomic E-state index is 12.8. The highest BCUT2D eigenvalue weighted by atomic mass is 32.1. The molecule has 6 nitrogen and oxygen atoms in total. The van der Waals surface area contributed by atoms with E-state index >= 15 is 0 Å². The van der Waals surface area contributed by atoms with E-state index in [4.69, 9.17) is 0 Å². The van der Waals surface area contributed by atoms with Crippen LogP contribution in [0.25, 0.3) is 0 Å². The van der Waals surface area contributed by atoms with E-state index in [2.05, 4.69) is 32.7 Å². The van der Waals surface area contributed by atoms with Crippen LogP contribution in [0.2, 0.25) is 0 Å².